The molecule has 0 bridgehead atoms. The lowest BCUT2D eigenvalue weighted by Gasteiger charge is -2.14. The summed E-state index contributed by atoms with van der Waals surface area (Å²) >= 11 is 0. The SMILES string of the molecule is [CH2]Cc1ccc2ccccc2c1C(F)(F)F. The molecule has 0 spiro atoms. The first-order valence-corrected chi connectivity index (χ1v) is 4.91. The predicted octanol–water partition coefficient (Wildman–Crippen LogP) is 4.24. The highest BCUT2D eigenvalue weighted by atomic mass is 19.4. The van der Waals surface area contributed by atoms with Crippen molar-refractivity contribution in [2.75, 3.05) is 0 Å². The Bertz CT molecular complexity index is 512. The summed E-state index contributed by atoms with van der Waals surface area (Å²) < 4.78 is 38.8. The third kappa shape index (κ3) is 1.77. The van der Waals surface area contributed by atoms with E-state index in [0.29, 0.717) is 5.39 Å². The number of alkyl halides is 3. The van der Waals surface area contributed by atoms with Crippen LogP contribution in [0.5, 0.6) is 0 Å². The minimum absolute atomic E-state index is 0.139. The Balaban J connectivity index is 2.84. The first-order chi connectivity index (χ1) is 7.54. The lowest BCUT2D eigenvalue weighted by Crippen LogP contribution is -2.09. The summed E-state index contributed by atoms with van der Waals surface area (Å²) in [5.74, 6) is 0. The molecule has 0 fully saturated rings. The summed E-state index contributed by atoms with van der Waals surface area (Å²) in [5.41, 5.74) is -0.313. The second-order valence-corrected chi connectivity index (χ2v) is 3.57. The van der Waals surface area contributed by atoms with Gasteiger partial charge in [0.15, 0.2) is 0 Å². The molecule has 1 radical (unpaired) electrons. The van der Waals surface area contributed by atoms with Crippen LogP contribution in [0.25, 0.3) is 10.8 Å². The Kier molecular flexibility index (Phi) is 2.62. The molecule has 0 aliphatic rings. The Morgan fingerprint density at radius 3 is 2.31 bits per heavy atom. The van der Waals surface area contributed by atoms with Gasteiger partial charge in [0.25, 0.3) is 0 Å². The molecule has 0 atom stereocenters. The van der Waals surface area contributed by atoms with Gasteiger partial charge >= 0.3 is 6.18 Å². The summed E-state index contributed by atoms with van der Waals surface area (Å²) in [6.07, 6.45) is -4.19. The number of halogens is 3. The highest BCUT2D eigenvalue weighted by molar-refractivity contribution is 5.87. The number of rotatable bonds is 1. The van der Waals surface area contributed by atoms with E-state index in [-0.39, 0.29) is 17.4 Å². The summed E-state index contributed by atoms with van der Waals surface area (Å²) in [7, 11) is 0. The van der Waals surface area contributed by atoms with E-state index in [2.05, 4.69) is 6.92 Å². The lowest BCUT2D eigenvalue weighted by molar-refractivity contribution is -0.136. The summed E-state index contributed by atoms with van der Waals surface area (Å²) in [5, 5.41) is 0.850. The van der Waals surface area contributed by atoms with E-state index in [9.17, 15) is 13.2 Å². The summed E-state index contributed by atoms with van der Waals surface area (Å²) in [6.45, 7) is 3.54. The van der Waals surface area contributed by atoms with Gasteiger partial charge in [-0.25, -0.2) is 0 Å². The van der Waals surface area contributed by atoms with Crippen molar-refractivity contribution in [3.05, 3.63) is 54.4 Å². The fraction of sp³-hybridized carbons (Fsp3) is 0.154. The molecule has 0 unspecified atom stereocenters. The van der Waals surface area contributed by atoms with Gasteiger partial charge in [0, 0.05) is 0 Å². The summed E-state index contributed by atoms with van der Waals surface area (Å²) in [4.78, 5) is 0. The first-order valence-electron chi connectivity index (χ1n) is 4.91. The van der Waals surface area contributed by atoms with E-state index in [1.165, 1.54) is 12.1 Å². The highest BCUT2D eigenvalue weighted by Crippen LogP contribution is 2.37. The summed E-state index contributed by atoms with van der Waals surface area (Å²) in [6, 6.07) is 9.72. The number of fused-ring (bicyclic) bond motifs is 1. The zero-order chi connectivity index (χ0) is 11.8. The van der Waals surface area contributed by atoms with Crippen molar-refractivity contribution in [2.45, 2.75) is 12.6 Å². The fourth-order valence-electron chi connectivity index (χ4n) is 1.86. The van der Waals surface area contributed by atoms with Crippen LogP contribution in [0, 0.1) is 6.92 Å². The van der Waals surface area contributed by atoms with Gasteiger partial charge in [-0.3, -0.25) is 0 Å². The molecule has 2 aromatic carbocycles. The maximum atomic E-state index is 12.9. The third-order valence-corrected chi connectivity index (χ3v) is 2.57. The molecule has 0 nitrogen and oxygen atoms in total. The average molecular weight is 223 g/mol. The topological polar surface area (TPSA) is 0 Å². The van der Waals surface area contributed by atoms with E-state index in [1.54, 1.807) is 24.3 Å². The van der Waals surface area contributed by atoms with Gasteiger partial charge in [-0.05, 0) is 29.7 Å². The molecule has 0 aliphatic carbocycles. The molecule has 2 rings (SSSR count). The van der Waals surface area contributed by atoms with Crippen LogP contribution in [-0.4, -0.2) is 0 Å². The predicted molar refractivity (Wildman–Crippen MR) is 58.0 cm³/mol. The quantitative estimate of drug-likeness (QED) is 0.678. The number of benzene rings is 2. The Morgan fingerprint density at radius 2 is 1.69 bits per heavy atom. The van der Waals surface area contributed by atoms with Crippen molar-refractivity contribution >= 4 is 10.8 Å². The van der Waals surface area contributed by atoms with Gasteiger partial charge in [0.05, 0.1) is 5.56 Å². The largest absolute Gasteiger partial charge is 0.417 e. The van der Waals surface area contributed by atoms with Crippen LogP contribution >= 0.6 is 0 Å². The van der Waals surface area contributed by atoms with E-state index in [1.807, 2.05) is 0 Å². The van der Waals surface area contributed by atoms with Gasteiger partial charge in [-0.15, -0.1) is 0 Å². The van der Waals surface area contributed by atoms with Crippen LogP contribution in [0.15, 0.2) is 36.4 Å². The zero-order valence-electron chi connectivity index (χ0n) is 8.51. The van der Waals surface area contributed by atoms with Crippen molar-refractivity contribution in [2.24, 2.45) is 0 Å². The van der Waals surface area contributed by atoms with Gasteiger partial charge in [0.2, 0.25) is 0 Å². The van der Waals surface area contributed by atoms with Crippen molar-refractivity contribution in [3.8, 4) is 0 Å². The molecular formula is C13H10F3. The average Bonchev–Trinajstić information content (AvgIpc) is 2.26. The lowest BCUT2D eigenvalue weighted by atomic mass is 9.97. The maximum Gasteiger partial charge on any atom is 0.417 e. The molecule has 0 heterocycles. The van der Waals surface area contributed by atoms with E-state index < -0.39 is 11.7 Å². The van der Waals surface area contributed by atoms with E-state index in [0.717, 1.165) is 0 Å². The highest BCUT2D eigenvalue weighted by Gasteiger charge is 2.34. The maximum absolute atomic E-state index is 12.9. The monoisotopic (exact) mass is 223 g/mol. The fourth-order valence-corrected chi connectivity index (χ4v) is 1.86. The van der Waals surface area contributed by atoms with Crippen LogP contribution < -0.4 is 0 Å². The second kappa shape index (κ2) is 3.81. The molecular weight excluding hydrogens is 213 g/mol. The molecule has 0 N–H and O–H groups in total. The normalized spacial score (nSPS) is 12.0. The van der Waals surface area contributed by atoms with Gasteiger partial charge in [-0.2, -0.15) is 13.2 Å². The second-order valence-electron chi connectivity index (χ2n) is 3.57. The van der Waals surface area contributed by atoms with Crippen molar-refractivity contribution in [1.82, 2.24) is 0 Å². The van der Waals surface area contributed by atoms with Crippen LogP contribution in [-0.2, 0) is 12.6 Å². The van der Waals surface area contributed by atoms with Crippen molar-refractivity contribution in [3.63, 3.8) is 0 Å². The van der Waals surface area contributed by atoms with Gasteiger partial charge < -0.3 is 0 Å². The minimum Gasteiger partial charge on any atom is -0.166 e. The van der Waals surface area contributed by atoms with Crippen LogP contribution in [0.2, 0.25) is 0 Å². The molecule has 16 heavy (non-hydrogen) atoms. The molecule has 0 saturated carbocycles. The van der Waals surface area contributed by atoms with E-state index >= 15 is 0 Å². The molecule has 0 saturated heterocycles. The molecule has 83 valence electrons. The minimum atomic E-state index is -4.33. The van der Waals surface area contributed by atoms with Crippen LogP contribution in [0.4, 0.5) is 13.2 Å². The first kappa shape index (κ1) is 11.0. The van der Waals surface area contributed by atoms with Crippen LogP contribution in [0.3, 0.4) is 0 Å². The van der Waals surface area contributed by atoms with Gasteiger partial charge in [-0.1, -0.05) is 36.4 Å². The van der Waals surface area contributed by atoms with Crippen LogP contribution in [0.1, 0.15) is 11.1 Å². The molecule has 0 amide bonds. The zero-order valence-corrected chi connectivity index (χ0v) is 8.51. The van der Waals surface area contributed by atoms with Crippen molar-refractivity contribution < 1.29 is 13.2 Å². The van der Waals surface area contributed by atoms with Crippen molar-refractivity contribution in [1.29, 1.82) is 0 Å². The van der Waals surface area contributed by atoms with Gasteiger partial charge in [0.1, 0.15) is 0 Å². The molecule has 3 heteroatoms. The molecule has 0 aliphatic heterocycles. The van der Waals surface area contributed by atoms with E-state index in [4.69, 9.17) is 0 Å². The number of hydrogen-bond donors (Lipinski definition) is 0. The molecule has 2 aromatic rings. The Labute approximate surface area is 91.7 Å². The smallest absolute Gasteiger partial charge is 0.166 e. The standard InChI is InChI=1S/C13H10F3/c1-2-9-7-8-10-5-3-4-6-11(10)12(9)13(14,15)16/h3-8H,1-2H2. The Morgan fingerprint density at radius 1 is 1.00 bits per heavy atom. The molecule has 0 aromatic heterocycles. The number of hydrogen-bond acceptors (Lipinski definition) is 0. The Hall–Kier alpha value is -1.51. The third-order valence-electron chi connectivity index (χ3n) is 2.57.